The highest BCUT2D eigenvalue weighted by atomic mass is 32.2. The Labute approximate surface area is 207 Å². The fraction of sp³-hybridized carbons (Fsp3) is 0.250. The van der Waals surface area contributed by atoms with E-state index in [0.717, 1.165) is 19.2 Å². The minimum absolute atomic E-state index is 0.0684. The molecule has 0 aromatic heterocycles. The van der Waals surface area contributed by atoms with Crippen LogP contribution in [-0.4, -0.2) is 53.8 Å². The lowest BCUT2D eigenvalue weighted by atomic mass is 10.1. The molecule has 37 heavy (non-hydrogen) atoms. The van der Waals surface area contributed by atoms with Crippen LogP contribution >= 0.6 is 0 Å². The van der Waals surface area contributed by atoms with E-state index in [1.165, 1.54) is 31.4 Å². The molecular weight excluding hydrogens is 551 g/mol. The number of ether oxygens (including phenoxy) is 5. The molecule has 2 aromatic rings. The SMILES string of the molecule is COC(=O)OC1=C(OS(=O)(=O)C(F)(F)F)c2cc(OC)ccc2S(=O)(=O)N1Cc1ccc2c(c1)OCO2. The molecule has 4 rings (SSSR count). The van der Waals surface area contributed by atoms with Gasteiger partial charge in [-0.05, 0) is 35.9 Å². The average Bonchev–Trinajstić information content (AvgIpc) is 3.30. The first-order valence-electron chi connectivity index (χ1n) is 9.89. The van der Waals surface area contributed by atoms with E-state index in [1.807, 2.05) is 0 Å². The van der Waals surface area contributed by atoms with Gasteiger partial charge in [0, 0.05) is 5.56 Å². The Morgan fingerprint density at radius 1 is 1.08 bits per heavy atom. The van der Waals surface area contributed by atoms with Gasteiger partial charge in [-0.1, -0.05) is 6.07 Å². The van der Waals surface area contributed by atoms with E-state index in [-0.39, 0.29) is 23.9 Å². The first-order valence-corrected chi connectivity index (χ1v) is 12.7. The number of benzene rings is 2. The van der Waals surface area contributed by atoms with Gasteiger partial charge >= 0.3 is 21.8 Å². The Bertz CT molecular complexity index is 1500. The highest BCUT2D eigenvalue weighted by Crippen LogP contribution is 2.43. The highest BCUT2D eigenvalue weighted by molar-refractivity contribution is 7.89. The number of alkyl halides is 3. The normalized spacial score (nSPS) is 16.2. The zero-order valence-electron chi connectivity index (χ0n) is 18.8. The van der Waals surface area contributed by atoms with Gasteiger partial charge < -0.3 is 27.9 Å². The molecule has 12 nitrogen and oxygen atoms in total. The van der Waals surface area contributed by atoms with Crippen LogP contribution in [0.5, 0.6) is 17.2 Å². The number of fused-ring (bicyclic) bond motifs is 2. The van der Waals surface area contributed by atoms with E-state index >= 15 is 0 Å². The van der Waals surface area contributed by atoms with Gasteiger partial charge in [-0.15, -0.1) is 0 Å². The predicted octanol–water partition coefficient (Wildman–Crippen LogP) is 2.90. The molecule has 2 aliphatic rings. The summed E-state index contributed by atoms with van der Waals surface area (Å²) in [4.78, 5) is 11.3. The van der Waals surface area contributed by atoms with Gasteiger partial charge in [0.1, 0.15) is 5.75 Å². The van der Waals surface area contributed by atoms with Crippen molar-refractivity contribution < 1.29 is 62.7 Å². The van der Waals surface area contributed by atoms with Gasteiger partial charge in [0.2, 0.25) is 12.6 Å². The van der Waals surface area contributed by atoms with E-state index in [1.54, 1.807) is 0 Å². The van der Waals surface area contributed by atoms with Crippen molar-refractivity contribution in [3.05, 3.63) is 53.4 Å². The molecule has 0 saturated heterocycles. The van der Waals surface area contributed by atoms with Gasteiger partial charge in [-0.25, -0.2) is 17.5 Å². The second kappa shape index (κ2) is 9.22. The molecule has 2 aliphatic heterocycles. The molecule has 2 heterocycles. The van der Waals surface area contributed by atoms with Crippen LogP contribution in [0.2, 0.25) is 0 Å². The van der Waals surface area contributed by atoms with Crippen molar-refractivity contribution in [1.29, 1.82) is 0 Å². The lowest BCUT2D eigenvalue weighted by molar-refractivity contribution is -0.0511. The topological polar surface area (TPSA) is 144 Å². The number of sulfonamides is 1. The van der Waals surface area contributed by atoms with Crippen molar-refractivity contribution in [3.63, 3.8) is 0 Å². The molecular formula is C20H16F3NO11S2. The molecule has 17 heteroatoms. The first kappa shape index (κ1) is 26.2. The van der Waals surface area contributed by atoms with Gasteiger partial charge in [0.05, 0.1) is 25.7 Å². The lowest BCUT2D eigenvalue weighted by Gasteiger charge is -2.32. The quantitative estimate of drug-likeness (QED) is 0.289. The molecule has 0 unspecified atom stereocenters. The minimum atomic E-state index is -6.37. The summed E-state index contributed by atoms with van der Waals surface area (Å²) < 4.78 is 120. The summed E-state index contributed by atoms with van der Waals surface area (Å²) in [6.45, 7) is -0.754. The number of halogens is 3. The van der Waals surface area contributed by atoms with Crippen molar-refractivity contribution in [2.75, 3.05) is 21.0 Å². The fourth-order valence-electron chi connectivity index (χ4n) is 3.31. The third-order valence-electron chi connectivity index (χ3n) is 5.01. The molecule has 0 fully saturated rings. The number of methoxy groups -OCH3 is 2. The number of nitrogens with zero attached hydrogens (tertiary/aromatic N) is 1. The monoisotopic (exact) mass is 567 g/mol. The summed E-state index contributed by atoms with van der Waals surface area (Å²) in [7, 11) is -9.04. The van der Waals surface area contributed by atoms with Crippen molar-refractivity contribution in [1.82, 2.24) is 4.31 Å². The van der Waals surface area contributed by atoms with Crippen LogP contribution in [0.25, 0.3) is 5.76 Å². The van der Waals surface area contributed by atoms with Gasteiger partial charge in [0.15, 0.2) is 11.5 Å². The van der Waals surface area contributed by atoms with Crippen molar-refractivity contribution in [2.45, 2.75) is 16.9 Å². The van der Waals surface area contributed by atoms with E-state index in [0.29, 0.717) is 10.1 Å². The zero-order valence-corrected chi connectivity index (χ0v) is 20.4. The Kier molecular flexibility index (Phi) is 6.53. The largest absolute Gasteiger partial charge is 0.534 e. The molecule has 0 N–H and O–H groups in total. The Morgan fingerprint density at radius 3 is 2.43 bits per heavy atom. The number of hydrogen-bond donors (Lipinski definition) is 0. The molecule has 0 radical (unpaired) electrons. The number of carbonyl (C=O) groups excluding carboxylic acids is 1. The van der Waals surface area contributed by atoms with Crippen LogP contribution in [0.4, 0.5) is 18.0 Å². The molecule has 200 valence electrons. The zero-order chi connectivity index (χ0) is 27.2. The third kappa shape index (κ3) is 4.78. The van der Waals surface area contributed by atoms with Crippen LogP contribution in [0, 0.1) is 0 Å². The standard InChI is InChI=1S/C20H16F3NO11S2/c1-30-12-4-6-16-13(8-12)17(35-37(28,29)20(21,22)23)18(34-19(25)31-2)24(36(16,26)27)9-11-3-5-14-15(7-11)33-10-32-14/h3-8H,9-10H2,1-2H3. The van der Waals surface area contributed by atoms with Gasteiger partial charge in [-0.2, -0.15) is 21.6 Å². The summed E-state index contributed by atoms with van der Waals surface area (Å²) in [6.07, 6.45) is -1.57. The molecule has 0 aliphatic carbocycles. The predicted molar refractivity (Wildman–Crippen MR) is 115 cm³/mol. The van der Waals surface area contributed by atoms with Crippen LogP contribution in [0.1, 0.15) is 11.1 Å². The number of rotatable bonds is 6. The Morgan fingerprint density at radius 2 is 1.78 bits per heavy atom. The van der Waals surface area contributed by atoms with Crippen LogP contribution in [-0.2, 0) is 40.3 Å². The summed E-state index contributed by atoms with van der Waals surface area (Å²) in [6, 6.07) is 7.29. The highest BCUT2D eigenvalue weighted by Gasteiger charge is 2.51. The van der Waals surface area contributed by atoms with Crippen molar-refractivity contribution >= 4 is 32.1 Å². The molecule has 2 aromatic carbocycles. The van der Waals surface area contributed by atoms with E-state index < -0.39 is 60.5 Å². The molecule has 0 saturated carbocycles. The van der Waals surface area contributed by atoms with E-state index in [9.17, 15) is 34.8 Å². The first-order chi connectivity index (χ1) is 17.3. The Balaban J connectivity index is 1.96. The van der Waals surface area contributed by atoms with Gasteiger partial charge in [0.25, 0.3) is 15.9 Å². The van der Waals surface area contributed by atoms with E-state index in [2.05, 4.69) is 8.92 Å². The summed E-state index contributed by atoms with van der Waals surface area (Å²) in [5.74, 6) is -1.91. The average molecular weight is 567 g/mol. The Hall–Kier alpha value is -3.86. The smallest absolute Gasteiger partial charge is 0.497 e. The van der Waals surface area contributed by atoms with Crippen molar-refractivity contribution in [3.8, 4) is 17.2 Å². The maximum absolute atomic E-state index is 13.6. The summed E-state index contributed by atoms with van der Waals surface area (Å²) in [5.41, 5.74) is -6.38. The number of hydrogen-bond acceptors (Lipinski definition) is 11. The maximum atomic E-state index is 13.6. The third-order valence-corrected chi connectivity index (χ3v) is 7.75. The van der Waals surface area contributed by atoms with Crippen LogP contribution in [0.3, 0.4) is 0 Å². The second-order valence-corrected chi connectivity index (χ2v) is 10.6. The number of carbonyl (C=O) groups is 1. The molecule has 0 atom stereocenters. The molecule has 0 amide bonds. The molecule has 0 bridgehead atoms. The van der Waals surface area contributed by atoms with E-state index in [4.69, 9.17) is 18.9 Å². The summed E-state index contributed by atoms with van der Waals surface area (Å²) >= 11 is 0. The van der Waals surface area contributed by atoms with Gasteiger partial charge in [-0.3, -0.25) is 0 Å². The van der Waals surface area contributed by atoms with Crippen LogP contribution < -0.4 is 14.2 Å². The maximum Gasteiger partial charge on any atom is 0.534 e. The lowest BCUT2D eigenvalue weighted by Crippen LogP contribution is -2.38. The van der Waals surface area contributed by atoms with Crippen LogP contribution in [0.15, 0.2) is 47.2 Å². The summed E-state index contributed by atoms with van der Waals surface area (Å²) in [5, 5.41) is 0. The van der Waals surface area contributed by atoms with Crippen molar-refractivity contribution in [2.24, 2.45) is 0 Å². The second-order valence-electron chi connectivity index (χ2n) is 7.24. The fourth-order valence-corrected chi connectivity index (χ4v) is 5.35. The molecule has 0 spiro atoms. The minimum Gasteiger partial charge on any atom is -0.497 e.